The van der Waals surface area contributed by atoms with Crippen molar-refractivity contribution < 1.29 is 174 Å². The summed E-state index contributed by atoms with van der Waals surface area (Å²) < 4.78 is 0. The molecule has 0 aliphatic carbocycles. The summed E-state index contributed by atoms with van der Waals surface area (Å²) in [6.07, 6.45) is 0. The molecule has 0 radical (unpaired) electrons. The zero-order chi connectivity index (χ0) is 14.5. The van der Waals surface area contributed by atoms with Gasteiger partial charge in [0.1, 0.15) is 0 Å². The molecule has 16 heteroatoms. The van der Waals surface area contributed by atoms with Crippen molar-refractivity contribution in [3.63, 3.8) is 0 Å². The zero-order valence-corrected chi connectivity index (χ0v) is 21.5. The summed E-state index contributed by atoms with van der Waals surface area (Å²) in [6, 6.07) is -1.90. The molecule has 21 heavy (non-hydrogen) atoms. The fraction of sp³-hybridized carbons (Fsp3) is 0.800. The molecule has 102 valence electrons. The third kappa shape index (κ3) is 7.73. The molecule has 0 rings (SSSR count). The van der Waals surface area contributed by atoms with E-state index in [9.17, 15) is 36.0 Å². The van der Waals surface area contributed by atoms with E-state index in [2.05, 4.69) is 0 Å². The van der Waals surface area contributed by atoms with Gasteiger partial charge in [-0.25, -0.2) is 0 Å². The van der Waals surface area contributed by atoms with E-state index in [1.807, 2.05) is 5.28 Å². The quantitative estimate of drug-likeness (QED) is 0.148. The molecule has 0 aromatic heterocycles. The number of hydrogen-bond acceptors (Lipinski definition) is 10. The van der Waals surface area contributed by atoms with E-state index in [0.717, 1.165) is 6.92 Å². The van der Waals surface area contributed by atoms with E-state index < -0.39 is 32.1 Å². The Bertz CT molecular complexity index is 411. The molecule has 0 amide bonds. The Labute approximate surface area is 246 Å². The second kappa shape index (κ2) is 14.5. The molecule has 0 saturated heterocycles. The summed E-state index contributed by atoms with van der Waals surface area (Å²) in [5.74, 6) is -1.55. The molecule has 0 aromatic carbocycles. The zero-order valence-electron chi connectivity index (χ0n) is 12.1. The minimum Gasteiger partial charge on any atom is -0.739 e. The van der Waals surface area contributed by atoms with Gasteiger partial charge in [-0.15, -0.1) is 0 Å². The standard InChI is InChI=1S/C5H10N6O7.3K/c1-3(9(16)6-13)4(12)5(2,10(17)7-14)11(18)8-15;;;/h3,13-15H,1-2H3;;;/q;3*+1/p-3/b9-6-,10-7-,11-8-;;;. The first kappa shape index (κ1) is 31.0. The van der Waals surface area contributed by atoms with Crippen molar-refractivity contribution in [2.45, 2.75) is 25.6 Å². The molecule has 0 bridgehead atoms. The summed E-state index contributed by atoms with van der Waals surface area (Å²) in [5.41, 5.74) is -3.00. The first-order valence-corrected chi connectivity index (χ1v) is 4.22. The number of carbonyl (C=O) groups excluding carboxylic acids is 1. The van der Waals surface area contributed by atoms with Gasteiger partial charge >= 0.3 is 166 Å². The van der Waals surface area contributed by atoms with Crippen molar-refractivity contribution in [1.29, 1.82) is 0 Å². The van der Waals surface area contributed by atoms with Crippen LogP contribution in [0.25, 0.3) is 0 Å². The Morgan fingerprint density at radius 2 is 1.29 bits per heavy atom. The van der Waals surface area contributed by atoms with Crippen LogP contribution in [-0.4, -0.2) is 32.1 Å². The maximum absolute atomic E-state index is 11.6. The Hall–Kier alpha value is 2.18. The summed E-state index contributed by atoms with van der Waals surface area (Å²) >= 11 is 0. The van der Waals surface area contributed by atoms with Crippen molar-refractivity contribution >= 4 is 5.78 Å². The fourth-order valence-corrected chi connectivity index (χ4v) is 0.987. The van der Waals surface area contributed by atoms with Crippen molar-refractivity contribution in [2.75, 3.05) is 0 Å². The first-order valence-electron chi connectivity index (χ1n) is 4.22. The largest absolute Gasteiger partial charge is 1.00 e. The number of hydroxylamine groups is 3. The topological polar surface area (TPSA) is 202 Å². The van der Waals surface area contributed by atoms with E-state index in [0.29, 0.717) is 6.92 Å². The van der Waals surface area contributed by atoms with Crippen LogP contribution in [0.5, 0.6) is 0 Å². The van der Waals surface area contributed by atoms with Crippen LogP contribution in [0, 0.1) is 31.2 Å². The molecule has 0 aromatic rings. The summed E-state index contributed by atoms with van der Waals surface area (Å²) in [7, 11) is 0. The number of hydrogen-bond donors (Lipinski definition) is 0. The van der Waals surface area contributed by atoms with Crippen LogP contribution in [0.3, 0.4) is 0 Å². The summed E-state index contributed by atoms with van der Waals surface area (Å²) in [4.78, 5) is 9.10. The van der Waals surface area contributed by atoms with Gasteiger partial charge in [0.15, 0.2) is 0 Å². The number of nitrogens with zero attached hydrogens (tertiary/aromatic N) is 6. The van der Waals surface area contributed by atoms with Gasteiger partial charge in [0.25, 0.3) is 6.04 Å². The van der Waals surface area contributed by atoms with Gasteiger partial charge in [0.2, 0.25) is 0 Å². The van der Waals surface area contributed by atoms with Crippen LogP contribution in [0.2, 0.25) is 0 Å². The number of Topliss-reactive ketones (excluding diaryl/α,β-unsaturated/α-hetero) is 1. The third-order valence-corrected chi connectivity index (χ3v) is 2.15. The monoisotopic (exact) mass is 380 g/mol. The van der Waals surface area contributed by atoms with Crippen LogP contribution in [0.1, 0.15) is 13.8 Å². The van der Waals surface area contributed by atoms with Crippen molar-refractivity contribution in [3.05, 3.63) is 31.2 Å². The molecule has 0 aliphatic heterocycles. The molecule has 0 aliphatic rings. The van der Waals surface area contributed by atoms with Crippen molar-refractivity contribution in [2.24, 2.45) is 15.8 Å². The molecule has 13 nitrogen and oxygen atoms in total. The van der Waals surface area contributed by atoms with E-state index in [1.165, 1.54) is 0 Å². The van der Waals surface area contributed by atoms with Gasteiger partial charge in [0, 0.05) is 6.92 Å². The van der Waals surface area contributed by atoms with Crippen LogP contribution in [0.4, 0.5) is 0 Å². The Morgan fingerprint density at radius 3 is 1.52 bits per heavy atom. The maximum atomic E-state index is 11.6. The van der Waals surface area contributed by atoms with Crippen molar-refractivity contribution in [3.8, 4) is 0 Å². The van der Waals surface area contributed by atoms with Crippen LogP contribution >= 0.6 is 0 Å². The predicted octanol–water partition coefficient (Wildman–Crippen LogP) is -8.95. The molecule has 0 N–H and O–H groups in total. The predicted molar refractivity (Wildman–Crippen MR) is 51.1 cm³/mol. The smallest absolute Gasteiger partial charge is 0.739 e. The van der Waals surface area contributed by atoms with Crippen molar-refractivity contribution in [1.82, 2.24) is 0 Å². The molecule has 1 atom stereocenters. The number of rotatable bonds is 5. The SMILES string of the molecule is CC(C(=O)C(C)(/[N+]([O-])=N/[O-])/[N+]([O-])=N/[O-])/[N+]([O-])=N/[O-].[K+].[K+].[K+]. The van der Waals surface area contributed by atoms with Gasteiger partial charge < -0.3 is 31.2 Å². The minimum absolute atomic E-state index is 0. The van der Waals surface area contributed by atoms with Gasteiger partial charge in [-0.3, -0.25) is 4.79 Å². The molecule has 0 saturated carbocycles. The molecular formula is C5H7K3N6O7. The summed E-state index contributed by atoms with van der Waals surface area (Å²) in [5, 5.41) is 68.2. The number of ketones is 1. The Morgan fingerprint density at radius 1 is 0.952 bits per heavy atom. The van der Waals surface area contributed by atoms with Gasteiger partial charge in [-0.1, -0.05) is 4.86 Å². The Balaban J connectivity index is -0.000000482. The molecule has 0 fully saturated rings. The molecule has 0 spiro atoms. The second-order valence-electron chi connectivity index (χ2n) is 3.15. The fourth-order valence-electron chi connectivity index (χ4n) is 0.987. The average Bonchev–Trinajstić information content (AvgIpc) is 2.41. The third-order valence-electron chi connectivity index (χ3n) is 2.15. The van der Waals surface area contributed by atoms with Crippen LogP contribution in [-0.2, 0) is 4.79 Å². The summed E-state index contributed by atoms with van der Waals surface area (Å²) in [6.45, 7) is 1.36. The Kier molecular flexibility index (Phi) is 21.4. The van der Waals surface area contributed by atoms with Gasteiger partial charge in [0.05, 0.1) is 6.92 Å². The minimum atomic E-state index is -3.00. The molecule has 0 heterocycles. The number of carbonyl (C=O) groups is 1. The maximum Gasteiger partial charge on any atom is 1.00 e. The first-order chi connectivity index (χ1) is 8.27. The van der Waals surface area contributed by atoms with Gasteiger partial charge in [-0.2, -0.15) is 0 Å². The van der Waals surface area contributed by atoms with E-state index >= 15 is 0 Å². The van der Waals surface area contributed by atoms with Gasteiger partial charge in [-0.05, 0) is 25.6 Å². The van der Waals surface area contributed by atoms with E-state index in [1.54, 1.807) is 10.6 Å². The van der Waals surface area contributed by atoms with Crippen LogP contribution < -0.4 is 154 Å². The van der Waals surface area contributed by atoms with E-state index in [4.69, 9.17) is 0 Å². The molecular weight excluding hydrogens is 373 g/mol. The second-order valence-corrected chi connectivity index (χ2v) is 3.15. The molecule has 1 unspecified atom stereocenters. The normalized spacial score (nSPS) is 14.1. The van der Waals surface area contributed by atoms with Crippen LogP contribution in [0.15, 0.2) is 15.8 Å². The average molecular weight is 380 g/mol. The van der Waals surface area contributed by atoms with E-state index in [-0.39, 0.29) is 154 Å².